The summed E-state index contributed by atoms with van der Waals surface area (Å²) in [5.74, 6) is -0.552. The smallest absolute Gasteiger partial charge is 0.330 e. The van der Waals surface area contributed by atoms with Gasteiger partial charge in [-0.15, -0.1) is 0 Å². The van der Waals surface area contributed by atoms with Gasteiger partial charge in [-0.1, -0.05) is 36.8 Å². The van der Waals surface area contributed by atoms with E-state index in [1.165, 1.54) is 6.42 Å². The molecule has 0 bridgehead atoms. The lowest BCUT2D eigenvalue weighted by Crippen LogP contribution is -2.47. The van der Waals surface area contributed by atoms with E-state index in [0.29, 0.717) is 11.5 Å². The lowest BCUT2D eigenvalue weighted by molar-refractivity contribution is -0.139. The maximum Gasteiger partial charge on any atom is 0.330 e. The summed E-state index contributed by atoms with van der Waals surface area (Å²) >= 11 is 0. The maximum absolute atomic E-state index is 11.9. The average Bonchev–Trinajstić information content (AvgIpc) is 2.34. The molecule has 5 nitrogen and oxygen atoms in total. The number of carboxylic acids is 1. The third kappa shape index (κ3) is 3.50. The van der Waals surface area contributed by atoms with E-state index in [1.807, 2.05) is 6.92 Å². The number of carbonyl (C=O) groups excluding carboxylic acids is 1. The summed E-state index contributed by atoms with van der Waals surface area (Å²) in [6.07, 6.45) is 3.46. The number of hydrogen-bond donors (Lipinski definition) is 3. The molecule has 0 aromatic heterocycles. The lowest BCUT2D eigenvalue weighted by atomic mass is 9.80. The Bertz CT molecular complexity index is 471. The molecule has 1 aliphatic rings. The monoisotopic (exact) mass is 276 g/mol. The first-order chi connectivity index (χ1) is 9.58. The van der Waals surface area contributed by atoms with E-state index in [-0.39, 0.29) is 6.04 Å². The zero-order chi connectivity index (χ0) is 14.5. The van der Waals surface area contributed by atoms with Gasteiger partial charge in [0.2, 0.25) is 0 Å². The SMILES string of the molecule is CC(NC(=O)N[C@H](C(=O)O)c1ccccc1)C1CCC1. The average molecular weight is 276 g/mol. The van der Waals surface area contributed by atoms with Crippen molar-refractivity contribution in [3.8, 4) is 0 Å². The molecule has 0 spiro atoms. The number of carbonyl (C=O) groups is 2. The summed E-state index contributed by atoms with van der Waals surface area (Å²) in [6.45, 7) is 1.96. The highest BCUT2D eigenvalue weighted by Gasteiger charge is 2.27. The van der Waals surface area contributed by atoms with Gasteiger partial charge in [-0.3, -0.25) is 0 Å². The number of amides is 2. The largest absolute Gasteiger partial charge is 0.479 e. The summed E-state index contributed by atoms with van der Waals surface area (Å²) < 4.78 is 0. The van der Waals surface area contributed by atoms with E-state index in [4.69, 9.17) is 0 Å². The first-order valence-corrected chi connectivity index (χ1v) is 6.92. The predicted molar refractivity (Wildman–Crippen MR) is 75.3 cm³/mol. The first-order valence-electron chi connectivity index (χ1n) is 6.92. The molecule has 0 radical (unpaired) electrons. The van der Waals surface area contributed by atoms with Crippen LogP contribution in [0.5, 0.6) is 0 Å². The van der Waals surface area contributed by atoms with Gasteiger partial charge in [0, 0.05) is 6.04 Å². The number of nitrogens with one attached hydrogen (secondary N) is 2. The van der Waals surface area contributed by atoms with Crippen molar-refractivity contribution in [2.24, 2.45) is 5.92 Å². The van der Waals surface area contributed by atoms with Gasteiger partial charge in [0.05, 0.1) is 0 Å². The molecule has 1 aliphatic carbocycles. The molecule has 1 unspecified atom stereocenters. The number of benzene rings is 1. The fraction of sp³-hybridized carbons (Fsp3) is 0.467. The van der Waals surface area contributed by atoms with E-state index < -0.39 is 18.0 Å². The topological polar surface area (TPSA) is 78.4 Å². The second-order valence-electron chi connectivity index (χ2n) is 5.28. The summed E-state index contributed by atoms with van der Waals surface area (Å²) in [7, 11) is 0. The molecule has 3 N–H and O–H groups in total. The summed E-state index contributed by atoms with van der Waals surface area (Å²) in [5.41, 5.74) is 0.562. The van der Waals surface area contributed by atoms with Gasteiger partial charge in [-0.2, -0.15) is 0 Å². The number of carboxylic acid groups (broad SMARTS) is 1. The molecular weight excluding hydrogens is 256 g/mol. The van der Waals surface area contributed by atoms with Crippen molar-refractivity contribution in [1.82, 2.24) is 10.6 Å². The van der Waals surface area contributed by atoms with Crippen LogP contribution in [0.15, 0.2) is 30.3 Å². The molecule has 1 aromatic carbocycles. The Morgan fingerprint density at radius 2 is 1.85 bits per heavy atom. The third-order valence-corrected chi connectivity index (χ3v) is 3.87. The van der Waals surface area contributed by atoms with Crippen LogP contribution in [0, 0.1) is 5.92 Å². The Morgan fingerprint density at radius 1 is 1.20 bits per heavy atom. The van der Waals surface area contributed by atoms with Crippen molar-refractivity contribution in [2.75, 3.05) is 0 Å². The second kappa shape index (κ2) is 6.41. The fourth-order valence-corrected chi connectivity index (χ4v) is 2.37. The van der Waals surface area contributed by atoms with Crippen molar-refractivity contribution >= 4 is 12.0 Å². The van der Waals surface area contributed by atoms with Crippen molar-refractivity contribution in [3.63, 3.8) is 0 Å². The van der Waals surface area contributed by atoms with Gasteiger partial charge >= 0.3 is 12.0 Å². The summed E-state index contributed by atoms with van der Waals surface area (Å²) in [6, 6.07) is 7.31. The minimum atomic E-state index is -1.07. The molecule has 1 saturated carbocycles. The Morgan fingerprint density at radius 3 is 2.35 bits per heavy atom. The van der Waals surface area contributed by atoms with Gasteiger partial charge in [0.25, 0.3) is 0 Å². The molecule has 108 valence electrons. The van der Waals surface area contributed by atoms with Crippen LogP contribution in [-0.4, -0.2) is 23.1 Å². The third-order valence-electron chi connectivity index (χ3n) is 3.87. The molecule has 20 heavy (non-hydrogen) atoms. The number of aliphatic carboxylic acids is 1. The molecule has 5 heteroatoms. The zero-order valence-corrected chi connectivity index (χ0v) is 11.5. The van der Waals surface area contributed by atoms with Crippen molar-refractivity contribution in [3.05, 3.63) is 35.9 Å². The summed E-state index contributed by atoms with van der Waals surface area (Å²) in [4.78, 5) is 23.2. The van der Waals surface area contributed by atoms with Crippen molar-refractivity contribution < 1.29 is 14.7 Å². The Balaban J connectivity index is 1.94. The molecule has 2 rings (SSSR count). The summed E-state index contributed by atoms with van der Waals surface area (Å²) in [5, 5.41) is 14.6. The van der Waals surface area contributed by atoms with Crippen LogP contribution < -0.4 is 10.6 Å². The Kier molecular flexibility index (Phi) is 4.61. The first kappa shape index (κ1) is 14.4. The quantitative estimate of drug-likeness (QED) is 0.772. The number of rotatable bonds is 5. The maximum atomic E-state index is 11.9. The van der Waals surface area contributed by atoms with Gasteiger partial charge < -0.3 is 15.7 Å². The minimum Gasteiger partial charge on any atom is -0.479 e. The fourth-order valence-electron chi connectivity index (χ4n) is 2.37. The van der Waals surface area contributed by atoms with Crippen molar-refractivity contribution in [2.45, 2.75) is 38.3 Å². The van der Waals surface area contributed by atoms with E-state index in [0.717, 1.165) is 12.8 Å². The van der Waals surface area contributed by atoms with Gasteiger partial charge in [0.1, 0.15) is 0 Å². The molecule has 1 fully saturated rings. The van der Waals surface area contributed by atoms with Crippen molar-refractivity contribution in [1.29, 1.82) is 0 Å². The number of urea groups is 1. The molecular formula is C15H20N2O3. The predicted octanol–water partition coefficient (Wildman–Crippen LogP) is 2.30. The van der Waals surface area contributed by atoms with Crippen LogP contribution >= 0.6 is 0 Å². The Labute approximate surface area is 118 Å². The van der Waals surface area contributed by atoms with E-state index in [1.54, 1.807) is 30.3 Å². The standard InChI is InChI=1S/C15H20N2O3/c1-10(11-8-5-9-11)16-15(20)17-13(14(18)19)12-6-3-2-4-7-12/h2-4,6-7,10-11,13H,5,8-9H2,1H3,(H,18,19)(H2,16,17,20)/t10?,13-/m0/s1. The Hall–Kier alpha value is -2.04. The van der Waals surface area contributed by atoms with E-state index >= 15 is 0 Å². The van der Waals surface area contributed by atoms with Crippen LogP contribution in [0.2, 0.25) is 0 Å². The van der Waals surface area contributed by atoms with Crippen LogP contribution in [-0.2, 0) is 4.79 Å². The molecule has 0 aliphatic heterocycles. The van der Waals surface area contributed by atoms with Gasteiger partial charge in [0.15, 0.2) is 6.04 Å². The lowest BCUT2D eigenvalue weighted by Gasteiger charge is -2.32. The molecule has 0 saturated heterocycles. The molecule has 2 atom stereocenters. The van der Waals surface area contributed by atoms with Crippen LogP contribution in [0.3, 0.4) is 0 Å². The number of hydrogen-bond acceptors (Lipinski definition) is 2. The normalized spacial score (nSPS) is 17.6. The van der Waals surface area contributed by atoms with Crippen LogP contribution in [0.4, 0.5) is 4.79 Å². The van der Waals surface area contributed by atoms with E-state index in [9.17, 15) is 14.7 Å². The molecule has 2 amide bonds. The molecule has 0 heterocycles. The highest BCUT2D eigenvalue weighted by Crippen LogP contribution is 2.29. The van der Waals surface area contributed by atoms with Crippen LogP contribution in [0.25, 0.3) is 0 Å². The highest BCUT2D eigenvalue weighted by molar-refractivity contribution is 5.83. The van der Waals surface area contributed by atoms with E-state index in [2.05, 4.69) is 10.6 Å². The zero-order valence-electron chi connectivity index (χ0n) is 11.5. The van der Waals surface area contributed by atoms with Gasteiger partial charge in [-0.25, -0.2) is 9.59 Å². The minimum absolute atomic E-state index is 0.0777. The molecule has 1 aromatic rings. The highest BCUT2D eigenvalue weighted by atomic mass is 16.4. The van der Waals surface area contributed by atoms with Crippen LogP contribution in [0.1, 0.15) is 37.8 Å². The van der Waals surface area contributed by atoms with Gasteiger partial charge in [-0.05, 0) is 31.2 Å². The second-order valence-corrected chi connectivity index (χ2v) is 5.28.